The normalized spacial score (nSPS) is 18.9. The summed E-state index contributed by atoms with van der Waals surface area (Å²) in [6.07, 6.45) is -1.86. The van der Waals surface area contributed by atoms with E-state index in [4.69, 9.17) is 4.74 Å². The van der Waals surface area contributed by atoms with Crippen molar-refractivity contribution < 1.29 is 36.2 Å². The fourth-order valence-corrected chi connectivity index (χ4v) is 5.68. The Labute approximate surface area is 230 Å². The van der Waals surface area contributed by atoms with Crippen molar-refractivity contribution in [3.05, 3.63) is 59.5 Å². The van der Waals surface area contributed by atoms with E-state index in [2.05, 4.69) is 15.3 Å². The lowest BCUT2D eigenvalue weighted by atomic mass is 9.82. The molecule has 40 heavy (non-hydrogen) atoms. The molecule has 1 aliphatic carbocycles. The highest BCUT2D eigenvalue weighted by Crippen LogP contribution is 2.39. The van der Waals surface area contributed by atoms with Crippen LogP contribution in [0.2, 0.25) is 0 Å². The number of rotatable bonds is 9. The predicted molar refractivity (Wildman–Crippen MR) is 143 cm³/mol. The van der Waals surface area contributed by atoms with E-state index in [1.165, 1.54) is 25.3 Å². The summed E-state index contributed by atoms with van der Waals surface area (Å²) in [6, 6.07) is 8.75. The first-order valence-corrected chi connectivity index (χ1v) is 14.8. The number of nitrogens with one attached hydrogen (secondary N) is 1. The van der Waals surface area contributed by atoms with Gasteiger partial charge in [-0.15, -0.1) is 0 Å². The molecule has 1 aliphatic rings. The highest BCUT2D eigenvalue weighted by atomic mass is 32.2. The van der Waals surface area contributed by atoms with Crippen LogP contribution in [-0.2, 0) is 9.84 Å². The van der Waals surface area contributed by atoms with Gasteiger partial charge < -0.3 is 15.2 Å². The first-order chi connectivity index (χ1) is 18.9. The van der Waals surface area contributed by atoms with Crippen LogP contribution in [0.1, 0.15) is 60.4 Å². The van der Waals surface area contributed by atoms with Gasteiger partial charge in [-0.25, -0.2) is 13.4 Å². The number of aliphatic hydroxyl groups is 1. The topological polar surface area (TPSA) is 118 Å². The quantitative estimate of drug-likeness (QED) is 0.369. The molecule has 3 aromatic rings. The van der Waals surface area contributed by atoms with E-state index in [-0.39, 0.29) is 36.0 Å². The Balaban J connectivity index is 1.45. The van der Waals surface area contributed by atoms with Crippen LogP contribution in [0.3, 0.4) is 0 Å². The van der Waals surface area contributed by atoms with Gasteiger partial charge in [0.1, 0.15) is 0 Å². The van der Waals surface area contributed by atoms with Crippen molar-refractivity contribution in [2.45, 2.75) is 56.6 Å². The molecule has 4 rings (SSSR count). The summed E-state index contributed by atoms with van der Waals surface area (Å²) in [7, 11) is -3.43. The fraction of sp³-hybridized carbons (Fsp3) is 0.464. The van der Waals surface area contributed by atoms with Crippen LogP contribution in [0.5, 0.6) is 5.88 Å². The number of ether oxygens (including phenoxy) is 1. The van der Waals surface area contributed by atoms with E-state index in [0.717, 1.165) is 0 Å². The Kier molecular flexibility index (Phi) is 8.99. The number of amides is 1. The molecule has 1 saturated carbocycles. The maximum atomic E-state index is 13.0. The summed E-state index contributed by atoms with van der Waals surface area (Å²) in [5, 5.41) is 13.9. The summed E-state index contributed by atoms with van der Waals surface area (Å²) >= 11 is 0. The van der Waals surface area contributed by atoms with Gasteiger partial charge in [-0.05, 0) is 80.3 Å². The van der Waals surface area contributed by atoms with E-state index >= 15 is 0 Å². The maximum Gasteiger partial charge on any atom is 0.391 e. The molecule has 0 aliphatic heterocycles. The van der Waals surface area contributed by atoms with Gasteiger partial charge in [0, 0.05) is 22.8 Å². The van der Waals surface area contributed by atoms with Crippen molar-refractivity contribution in [2.75, 3.05) is 19.0 Å². The van der Waals surface area contributed by atoms with Crippen LogP contribution in [-0.4, -0.2) is 54.5 Å². The Morgan fingerprint density at radius 1 is 1.15 bits per heavy atom. The number of benzene rings is 1. The Bertz CT molecular complexity index is 1450. The number of aliphatic hydroxyl groups excluding tert-OH is 1. The summed E-state index contributed by atoms with van der Waals surface area (Å²) in [5.74, 6) is -1.41. The van der Waals surface area contributed by atoms with Gasteiger partial charge in [0.05, 0.1) is 41.5 Å². The molecule has 1 unspecified atom stereocenters. The number of pyridine rings is 2. The molecule has 8 nitrogen and oxygen atoms in total. The lowest BCUT2D eigenvalue weighted by Crippen LogP contribution is -2.31. The van der Waals surface area contributed by atoms with Crippen LogP contribution in [0.4, 0.5) is 13.2 Å². The van der Waals surface area contributed by atoms with Crippen molar-refractivity contribution >= 4 is 26.5 Å². The van der Waals surface area contributed by atoms with Crippen LogP contribution < -0.4 is 10.1 Å². The number of hydrogen-bond acceptors (Lipinski definition) is 7. The molecule has 0 radical (unpaired) electrons. The van der Waals surface area contributed by atoms with Gasteiger partial charge in [-0.2, -0.15) is 13.2 Å². The number of aryl methyl sites for hydroxylation is 1. The number of halogens is 3. The Morgan fingerprint density at radius 3 is 2.48 bits per heavy atom. The minimum Gasteiger partial charge on any atom is -0.477 e. The number of sulfone groups is 1. The second-order valence-electron chi connectivity index (χ2n) is 10.1. The maximum absolute atomic E-state index is 13.0. The highest BCUT2D eigenvalue weighted by molar-refractivity contribution is 7.91. The summed E-state index contributed by atoms with van der Waals surface area (Å²) in [4.78, 5) is 21.7. The lowest BCUT2D eigenvalue weighted by Gasteiger charge is -2.29. The Morgan fingerprint density at radius 2 is 1.88 bits per heavy atom. The number of nitrogens with zero attached hydrogens (tertiary/aromatic N) is 2. The van der Waals surface area contributed by atoms with Gasteiger partial charge in [-0.3, -0.25) is 9.78 Å². The zero-order chi connectivity index (χ0) is 29.1. The van der Waals surface area contributed by atoms with Crippen molar-refractivity contribution in [2.24, 2.45) is 11.8 Å². The zero-order valence-electron chi connectivity index (χ0n) is 22.2. The molecule has 2 aromatic heterocycles. The molecule has 1 atom stereocenters. The SMILES string of the molecule is CCS(=O)(=O)c1ccc(C(CO)NC(=O)c2ccc3c(OCC4CCC(C(F)(F)F)CC4)nc(C)cc3c2)nc1. The van der Waals surface area contributed by atoms with E-state index in [0.29, 0.717) is 46.4 Å². The third-order valence-corrected chi connectivity index (χ3v) is 9.01. The largest absolute Gasteiger partial charge is 0.477 e. The fourth-order valence-electron chi connectivity index (χ4n) is 4.86. The van der Waals surface area contributed by atoms with Crippen LogP contribution in [0.15, 0.2) is 47.5 Å². The smallest absolute Gasteiger partial charge is 0.391 e. The van der Waals surface area contributed by atoms with Crippen LogP contribution >= 0.6 is 0 Å². The second-order valence-corrected chi connectivity index (χ2v) is 12.4. The van der Waals surface area contributed by atoms with Crippen LogP contribution in [0, 0.1) is 18.8 Å². The molecule has 2 heterocycles. The molecule has 12 heteroatoms. The van der Waals surface area contributed by atoms with E-state index < -0.39 is 40.5 Å². The molecule has 0 spiro atoms. The van der Waals surface area contributed by atoms with Crippen molar-refractivity contribution in [3.63, 3.8) is 0 Å². The second kappa shape index (κ2) is 12.1. The predicted octanol–water partition coefficient (Wildman–Crippen LogP) is 4.94. The number of carbonyl (C=O) groups is 1. The number of carbonyl (C=O) groups excluding carboxylic acids is 1. The first-order valence-electron chi connectivity index (χ1n) is 13.1. The minimum absolute atomic E-state index is 0.0150. The minimum atomic E-state index is -4.15. The Hall–Kier alpha value is -3.25. The molecule has 0 saturated heterocycles. The summed E-state index contributed by atoms with van der Waals surface area (Å²) < 4.78 is 68.9. The molecule has 2 N–H and O–H groups in total. The van der Waals surface area contributed by atoms with E-state index in [9.17, 15) is 31.5 Å². The zero-order valence-corrected chi connectivity index (χ0v) is 23.1. The van der Waals surface area contributed by atoms with E-state index in [1.807, 2.05) is 0 Å². The van der Waals surface area contributed by atoms with Crippen LogP contribution in [0.25, 0.3) is 10.8 Å². The summed E-state index contributed by atoms with van der Waals surface area (Å²) in [6.45, 7) is 3.13. The molecule has 1 amide bonds. The molecule has 216 valence electrons. The number of aromatic nitrogens is 2. The van der Waals surface area contributed by atoms with Gasteiger partial charge >= 0.3 is 6.18 Å². The molecular weight excluding hydrogens is 547 g/mol. The van der Waals surface area contributed by atoms with Gasteiger partial charge in [-0.1, -0.05) is 6.92 Å². The molecular formula is C28H32F3N3O5S. The number of hydrogen-bond donors (Lipinski definition) is 2. The summed E-state index contributed by atoms with van der Waals surface area (Å²) in [5.41, 5.74) is 1.28. The molecule has 0 bridgehead atoms. The first kappa shape index (κ1) is 29.7. The van der Waals surface area contributed by atoms with Crippen molar-refractivity contribution in [3.8, 4) is 5.88 Å². The van der Waals surface area contributed by atoms with Gasteiger partial charge in [0.2, 0.25) is 5.88 Å². The average Bonchev–Trinajstić information content (AvgIpc) is 2.93. The lowest BCUT2D eigenvalue weighted by molar-refractivity contribution is -0.184. The third kappa shape index (κ3) is 6.90. The standard InChI is InChI=1S/C28H32F3N3O5S/c1-3-40(37,38)22-9-11-24(32-14-22)25(15-35)34-26(36)19-6-10-23-20(13-19)12-17(2)33-27(23)39-16-18-4-7-21(8-5-18)28(29,30)31/h6,9-14,18,21,25,35H,3-5,7-8,15-16H2,1-2H3,(H,34,36). The van der Waals surface area contributed by atoms with Gasteiger partial charge in [0.15, 0.2) is 9.84 Å². The average molecular weight is 580 g/mol. The third-order valence-electron chi connectivity index (χ3n) is 7.30. The monoisotopic (exact) mass is 579 g/mol. The van der Waals surface area contributed by atoms with E-state index in [1.54, 1.807) is 31.2 Å². The molecule has 1 fully saturated rings. The highest BCUT2D eigenvalue weighted by Gasteiger charge is 2.41. The van der Waals surface area contributed by atoms with Crippen molar-refractivity contribution in [1.82, 2.24) is 15.3 Å². The van der Waals surface area contributed by atoms with Gasteiger partial charge in [0.25, 0.3) is 5.91 Å². The molecule has 1 aromatic carbocycles. The van der Waals surface area contributed by atoms with Crippen molar-refractivity contribution in [1.29, 1.82) is 0 Å². The number of fused-ring (bicyclic) bond motifs is 1. The number of alkyl halides is 3.